The Hall–Kier alpha value is -2.25. The number of primary amides is 1. The van der Waals surface area contributed by atoms with E-state index in [1.54, 1.807) is 13.8 Å². The highest BCUT2D eigenvalue weighted by molar-refractivity contribution is 7.47. The number of nitrogens with zero attached hydrogens (tertiary/aromatic N) is 1. The number of ether oxygens (including phenoxy) is 2. The number of phosphoric acid groups is 1. The third-order valence-electron chi connectivity index (χ3n) is 9.65. The second-order valence-electron chi connectivity index (χ2n) is 15.0. The molecule has 0 aromatic heterocycles. The number of rotatable bonds is 31. The lowest BCUT2D eigenvalue weighted by atomic mass is 9.96. The van der Waals surface area contributed by atoms with Crippen molar-refractivity contribution in [1.82, 2.24) is 15.5 Å². The van der Waals surface area contributed by atoms with Gasteiger partial charge < -0.3 is 56.7 Å². The minimum atomic E-state index is -4.32. The Morgan fingerprint density at radius 1 is 0.911 bits per heavy atom. The highest BCUT2D eigenvalue weighted by Gasteiger charge is 2.47. The highest BCUT2D eigenvalue weighted by Crippen LogP contribution is 2.43. The van der Waals surface area contributed by atoms with Gasteiger partial charge in [-0.25, -0.2) is 4.57 Å². The molecule has 1 aliphatic rings. The third kappa shape index (κ3) is 20.4. The van der Waals surface area contributed by atoms with E-state index in [9.17, 15) is 44.0 Å². The van der Waals surface area contributed by atoms with E-state index in [-0.39, 0.29) is 45.1 Å². The van der Waals surface area contributed by atoms with Crippen LogP contribution in [0.2, 0.25) is 0 Å². The quantitative estimate of drug-likeness (QED) is 0.0365. The molecule has 1 aliphatic heterocycles. The number of unbranched alkanes of at least 4 members (excludes halogenated alkanes) is 11. The average molecular weight is 826 g/mol. The number of aliphatic hydroxyl groups excluding tert-OH is 3. The Kier molecular flexibility index (Phi) is 26.1. The molecule has 1 heterocycles. The van der Waals surface area contributed by atoms with Crippen LogP contribution >= 0.6 is 7.82 Å². The van der Waals surface area contributed by atoms with Gasteiger partial charge in [-0.2, -0.15) is 0 Å². The molecule has 9 atom stereocenters. The van der Waals surface area contributed by atoms with Gasteiger partial charge in [-0.15, -0.1) is 0 Å². The number of amides is 4. The van der Waals surface area contributed by atoms with E-state index < -0.39 is 86.9 Å². The molecule has 56 heavy (non-hydrogen) atoms. The maximum Gasteiger partial charge on any atom is 0.472 e. The van der Waals surface area contributed by atoms with Gasteiger partial charge >= 0.3 is 7.82 Å². The lowest BCUT2D eigenvalue weighted by molar-refractivity contribution is -0.268. The van der Waals surface area contributed by atoms with Gasteiger partial charge in [0.25, 0.3) is 0 Å². The predicted molar refractivity (Wildman–Crippen MR) is 208 cm³/mol. The van der Waals surface area contributed by atoms with E-state index in [4.69, 9.17) is 30.0 Å². The first-order valence-corrected chi connectivity index (χ1v) is 21.7. The molecule has 0 radical (unpaired) electrons. The fourth-order valence-corrected chi connectivity index (χ4v) is 7.15. The summed E-state index contributed by atoms with van der Waals surface area (Å²) in [5, 5.41) is 35.9. The Bertz CT molecular complexity index is 1200. The van der Waals surface area contributed by atoms with Crippen molar-refractivity contribution in [3.8, 4) is 0 Å². The SMILES string of the molecule is CCCCCCCCCCCCCCOP(=O)(O)OCCNC(=O)CC[C@H](C(N)=O)N(CC(C)O[C@H]1[C@H](O)[C@@H](CO)O[C@H](O)[C@@H]1NC(C)=O)C(=O)[C@@H](N)C(C)C. The molecule has 0 spiro atoms. The van der Waals surface area contributed by atoms with Crippen LogP contribution < -0.4 is 22.1 Å². The highest BCUT2D eigenvalue weighted by atomic mass is 31.2. The molecule has 0 aromatic carbocycles. The molecule has 1 rings (SSSR count). The summed E-state index contributed by atoms with van der Waals surface area (Å²) in [4.78, 5) is 62.0. The summed E-state index contributed by atoms with van der Waals surface area (Å²) >= 11 is 0. The molecule has 4 amide bonds. The zero-order valence-corrected chi connectivity index (χ0v) is 35.0. The molecule has 1 fully saturated rings. The normalized spacial score (nSPS) is 22.5. The van der Waals surface area contributed by atoms with Crippen LogP contribution in [0.3, 0.4) is 0 Å². The number of phosphoric ester groups is 1. The van der Waals surface area contributed by atoms with E-state index >= 15 is 0 Å². The van der Waals surface area contributed by atoms with Gasteiger partial charge in [0.1, 0.15) is 30.4 Å². The predicted octanol–water partition coefficient (Wildman–Crippen LogP) is 1.73. The summed E-state index contributed by atoms with van der Waals surface area (Å²) in [6.07, 6.45) is 6.66. The van der Waals surface area contributed by atoms with Crippen molar-refractivity contribution in [3.63, 3.8) is 0 Å². The van der Waals surface area contributed by atoms with Gasteiger partial charge in [0.05, 0.1) is 32.0 Å². The van der Waals surface area contributed by atoms with Crippen LogP contribution in [-0.2, 0) is 42.3 Å². The zero-order chi connectivity index (χ0) is 42.3. The molecule has 19 heteroatoms. The number of carbonyl (C=O) groups excluding carboxylic acids is 4. The Morgan fingerprint density at radius 3 is 1.98 bits per heavy atom. The molecule has 18 nitrogen and oxygen atoms in total. The Labute approximate surface area is 332 Å². The summed E-state index contributed by atoms with van der Waals surface area (Å²) in [6, 6.07) is -3.64. The molecule has 0 bridgehead atoms. The van der Waals surface area contributed by atoms with Crippen molar-refractivity contribution in [2.24, 2.45) is 17.4 Å². The van der Waals surface area contributed by atoms with Crippen LogP contribution in [0.4, 0.5) is 0 Å². The van der Waals surface area contributed by atoms with Crippen LogP contribution in [0.25, 0.3) is 0 Å². The summed E-state index contributed by atoms with van der Waals surface area (Å²) in [7, 11) is -4.32. The first-order chi connectivity index (χ1) is 26.4. The molecule has 0 aromatic rings. The number of aliphatic hydroxyl groups is 3. The molecule has 10 N–H and O–H groups in total. The third-order valence-corrected chi connectivity index (χ3v) is 10.7. The first-order valence-electron chi connectivity index (χ1n) is 20.2. The minimum absolute atomic E-state index is 0.0715. The van der Waals surface area contributed by atoms with E-state index in [2.05, 4.69) is 17.6 Å². The van der Waals surface area contributed by atoms with Crippen LogP contribution in [0.15, 0.2) is 0 Å². The van der Waals surface area contributed by atoms with Gasteiger partial charge in [0.15, 0.2) is 6.29 Å². The standard InChI is InChI=1S/C37H72N5O13P/c1-6-7-8-9-10-11-12-13-14-15-16-17-21-52-56(50,51)53-22-20-40-30(45)19-18-28(35(39)47)42(36(48)31(38)25(2)3)23-26(4)54-34-32(41-27(5)44)37(49)55-29(24-43)33(34)46/h25-26,28-29,31-34,37,43,46,49H,6-24,38H2,1-5H3,(H2,39,47)(H,40,45)(H,41,44)(H,50,51)/t26?,28-,29-,31+,32-,33-,34-,37+/m1/s1. The largest absolute Gasteiger partial charge is 0.472 e. The number of nitrogens with two attached hydrogens (primary N) is 2. The van der Waals surface area contributed by atoms with E-state index in [1.165, 1.54) is 65.2 Å². The maximum absolute atomic E-state index is 13.6. The second kappa shape index (κ2) is 28.2. The van der Waals surface area contributed by atoms with Crippen molar-refractivity contribution >= 4 is 31.5 Å². The fourth-order valence-electron chi connectivity index (χ4n) is 6.39. The first kappa shape index (κ1) is 51.8. The summed E-state index contributed by atoms with van der Waals surface area (Å²) in [5.41, 5.74) is 11.9. The minimum Gasteiger partial charge on any atom is -0.394 e. The van der Waals surface area contributed by atoms with E-state index in [0.29, 0.717) is 6.42 Å². The monoisotopic (exact) mass is 825 g/mol. The molecular weight excluding hydrogens is 753 g/mol. The summed E-state index contributed by atoms with van der Waals surface area (Å²) < 4.78 is 33.5. The molecule has 328 valence electrons. The van der Waals surface area contributed by atoms with Gasteiger partial charge in [-0.05, 0) is 25.7 Å². The van der Waals surface area contributed by atoms with Gasteiger partial charge in [0.2, 0.25) is 23.6 Å². The van der Waals surface area contributed by atoms with Crippen LogP contribution in [0.5, 0.6) is 0 Å². The summed E-state index contributed by atoms with van der Waals surface area (Å²) in [6.45, 7) is 6.98. The number of nitrogens with one attached hydrogen (secondary N) is 2. The number of hydrogen-bond donors (Lipinski definition) is 8. The number of carbonyl (C=O) groups is 4. The van der Waals surface area contributed by atoms with Gasteiger partial charge in [-0.3, -0.25) is 28.2 Å². The maximum atomic E-state index is 13.6. The lowest BCUT2D eigenvalue weighted by Gasteiger charge is -2.44. The average Bonchev–Trinajstić information content (AvgIpc) is 3.13. The molecular formula is C37H72N5O13P. The Morgan fingerprint density at radius 2 is 1.46 bits per heavy atom. The van der Waals surface area contributed by atoms with Gasteiger partial charge in [-0.1, -0.05) is 91.4 Å². The summed E-state index contributed by atoms with van der Waals surface area (Å²) in [5.74, 6) is -3.05. The van der Waals surface area contributed by atoms with Crippen molar-refractivity contribution < 1.29 is 62.5 Å². The molecule has 2 unspecified atom stereocenters. The van der Waals surface area contributed by atoms with Crippen molar-refractivity contribution in [2.75, 3.05) is 32.9 Å². The zero-order valence-electron chi connectivity index (χ0n) is 34.1. The van der Waals surface area contributed by atoms with Crippen molar-refractivity contribution in [3.05, 3.63) is 0 Å². The Balaban J connectivity index is 2.66. The van der Waals surface area contributed by atoms with Gasteiger partial charge in [0, 0.05) is 26.4 Å². The lowest BCUT2D eigenvalue weighted by Crippen LogP contribution is -2.65. The van der Waals surface area contributed by atoms with Crippen LogP contribution in [0, 0.1) is 5.92 Å². The van der Waals surface area contributed by atoms with E-state index in [1.807, 2.05) is 0 Å². The van der Waals surface area contributed by atoms with Crippen LogP contribution in [0.1, 0.15) is 125 Å². The fraction of sp³-hybridized carbons (Fsp3) is 0.892. The molecule has 0 aliphatic carbocycles. The molecule has 0 saturated carbocycles. The van der Waals surface area contributed by atoms with E-state index in [0.717, 1.165) is 24.2 Å². The van der Waals surface area contributed by atoms with Crippen molar-refractivity contribution in [2.45, 2.75) is 173 Å². The molecule has 1 saturated heterocycles. The van der Waals surface area contributed by atoms with Crippen molar-refractivity contribution in [1.29, 1.82) is 0 Å². The second-order valence-corrected chi connectivity index (χ2v) is 16.4. The van der Waals surface area contributed by atoms with Crippen LogP contribution in [-0.4, -0.2) is 130 Å². The topological polar surface area (TPSA) is 283 Å². The smallest absolute Gasteiger partial charge is 0.394 e. The number of hydrogen-bond acceptors (Lipinski definition) is 13.